The number of carbonyl (C=O) groups is 4. The third-order valence-electron chi connectivity index (χ3n) is 10.8. The van der Waals surface area contributed by atoms with Gasteiger partial charge in [0, 0.05) is 23.5 Å². The standard InChI is InChI=1S/C38H42BrN3O7/c39-27-21-38-32-31(33(27)49-38)35(45)40-28(24-13-5-1-6-14-24)23-48-30(44)19-11-4-12-20-41(26-17-9-3-10-18-26)37(47)34(38)42(36(32)46)29(22-43)25-15-7-2-8-16-25/h1-2,4-8,12-16,21,26,28-29,31-34,43H,3,9-11,17-20,22-23H2,(H,40,45)/b12-4-/t28-,29-,31-,32+,33-,34-,38+/m1/s1. The number of likely N-dealkylation sites (tertiary alicyclic amines) is 1. The number of hydrogen-bond acceptors (Lipinski definition) is 7. The molecule has 11 heteroatoms. The molecule has 10 nitrogen and oxygen atoms in total. The van der Waals surface area contributed by atoms with Gasteiger partial charge in [0.1, 0.15) is 24.4 Å². The average molecular weight is 733 g/mol. The average Bonchev–Trinajstić information content (AvgIpc) is 3.72. The molecule has 2 aromatic carbocycles. The van der Waals surface area contributed by atoms with Crippen LogP contribution in [0.1, 0.15) is 68.2 Å². The van der Waals surface area contributed by atoms with E-state index in [2.05, 4.69) is 21.2 Å². The Kier molecular flexibility index (Phi) is 9.77. The molecular weight excluding hydrogens is 690 g/mol. The first-order valence-corrected chi connectivity index (χ1v) is 18.1. The number of ether oxygens (including phenoxy) is 2. The summed E-state index contributed by atoms with van der Waals surface area (Å²) in [5.74, 6) is -3.53. The Morgan fingerprint density at radius 1 is 0.939 bits per heavy atom. The zero-order valence-electron chi connectivity index (χ0n) is 27.3. The Morgan fingerprint density at radius 3 is 2.37 bits per heavy atom. The summed E-state index contributed by atoms with van der Waals surface area (Å²) < 4.78 is 13.0. The van der Waals surface area contributed by atoms with E-state index in [4.69, 9.17) is 9.47 Å². The maximum Gasteiger partial charge on any atom is 0.306 e. The van der Waals surface area contributed by atoms with Gasteiger partial charge < -0.3 is 29.7 Å². The van der Waals surface area contributed by atoms with Crippen LogP contribution in [0.2, 0.25) is 0 Å². The Hall–Kier alpha value is -3.80. The molecular formula is C38H42BrN3O7. The third kappa shape index (κ3) is 6.14. The van der Waals surface area contributed by atoms with Gasteiger partial charge in [-0.05, 0) is 36.5 Å². The number of fused-ring (bicyclic) bond motifs is 2. The second-order valence-electron chi connectivity index (χ2n) is 13.6. The number of carbonyl (C=O) groups excluding carboxylic acids is 4. The minimum atomic E-state index is -1.44. The number of nitrogens with one attached hydrogen (secondary N) is 1. The van der Waals surface area contributed by atoms with Gasteiger partial charge in [0.2, 0.25) is 17.7 Å². The predicted octanol–water partition coefficient (Wildman–Crippen LogP) is 4.51. The van der Waals surface area contributed by atoms with E-state index in [0.717, 1.165) is 37.7 Å². The van der Waals surface area contributed by atoms with E-state index < -0.39 is 66.1 Å². The van der Waals surface area contributed by atoms with Crippen molar-refractivity contribution in [3.8, 4) is 0 Å². The molecule has 0 aromatic heterocycles. The Labute approximate surface area is 294 Å². The highest BCUT2D eigenvalue weighted by molar-refractivity contribution is 9.11. The van der Waals surface area contributed by atoms with Gasteiger partial charge in [-0.1, -0.05) is 108 Å². The highest BCUT2D eigenvalue weighted by atomic mass is 79.9. The SMILES string of the molecule is O=C1CC/C=C\CN(C2CCCCC2)C(=O)[C@H]2N([C@H](CO)c3ccccc3)C(=O)[C@@H]3[C@@H](C(=O)N[C@@H](c4ccccc4)CO1)[C@@H]1O[C@@]32C=C1Br. The zero-order valence-corrected chi connectivity index (χ0v) is 28.9. The number of halogens is 1. The summed E-state index contributed by atoms with van der Waals surface area (Å²) in [7, 11) is 0. The number of aliphatic hydroxyl groups is 1. The minimum Gasteiger partial charge on any atom is -0.463 e. The van der Waals surface area contributed by atoms with Crippen LogP contribution >= 0.6 is 15.9 Å². The molecule has 258 valence electrons. The highest BCUT2D eigenvalue weighted by Crippen LogP contribution is 2.60. The summed E-state index contributed by atoms with van der Waals surface area (Å²) in [6.45, 7) is -0.208. The van der Waals surface area contributed by atoms with Crippen LogP contribution in [0.4, 0.5) is 0 Å². The number of cyclic esters (lactones) is 1. The molecule has 2 saturated heterocycles. The van der Waals surface area contributed by atoms with Gasteiger partial charge in [0.25, 0.3) is 0 Å². The summed E-state index contributed by atoms with van der Waals surface area (Å²) >= 11 is 3.65. The van der Waals surface area contributed by atoms with Crippen molar-refractivity contribution < 1.29 is 33.8 Å². The molecule has 7 atom stereocenters. The summed E-state index contributed by atoms with van der Waals surface area (Å²) in [6, 6.07) is 15.8. The Bertz CT molecular complexity index is 1630. The van der Waals surface area contributed by atoms with Gasteiger partial charge in [0.05, 0.1) is 30.5 Å². The van der Waals surface area contributed by atoms with Crippen LogP contribution in [0.25, 0.3) is 0 Å². The summed E-state index contributed by atoms with van der Waals surface area (Å²) in [6.07, 6.45) is 10.1. The Balaban J connectivity index is 1.35. The second kappa shape index (κ2) is 14.2. The van der Waals surface area contributed by atoms with Crippen LogP contribution in [-0.2, 0) is 28.7 Å². The molecule has 2 aromatic rings. The lowest BCUT2D eigenvalue weighted by Gasteiger charge is -2.42. The van der Waals surface area contributed by atoms with Gasteiger partial charge >= 0.3 is 5.97 Å². The van der Waals surface area contributed by atoms with Gasteiger partial charge in [-0.15, -0.1) is 0 Å². The molecule has 5 bridgehead atoms. The topological polar surface area (TPSA) is 125 Å². The van der Waals surface area contributed by atoms with E-state index in [0.29, 0.717) is 23.0 Å². The number of allylic oxidation sites excluding steroid dienone is 1. The van der Waals surface area contributed by atoms with Crippen molar-refractivity contribution in [1.29, 1.82) is 0 Å². The van der Waals surface area contributed by atoms with Crippen molar-refractivity contribution in [3.63, 3.8) is 0 Å². The number of benzene rings is 2. The van der Waals surface area contributed by atoms with Crippen molar-refractivity contribution in [2.45, 2.75) is 80.8 Å². The van der Waals surface area contributed by atoms with Crippen LogP contribution in [0.3, 0.4) is 0 Å². The smallest absolute Gasteiger partial charge is 0.306 e. The molecule has 4 heterocycles. The van der Waals surface area contributed by atoms with Crippen molar-refractivity contribution in [3.05, 3.63) is 94.5 Å². The predicted molar refractivity (Wildman–Crippen MR) is 184 cm³/mol. The van der Waals surface area contributed by atoms with E-state index in [9.17, 15) is 19.5 Å². The van der Waals surface area contributed by atoms with Crippen LogP contribution in [0.15, 0.2) is 83.4 Å². The zero-order chi connectivity index (χ0) is 34.1. The van der Waals surface area contributed by atoms with Crippen LogP contribution in [0.5, 0.6) is 0 Å². The fourth-order valence-corrected chi connectivity index (χ4v) is 9.23. The number of hydrogen-bond donors (Lipinski definition) is 2. The molecule has 2 N–H and O–H groups in total. The number of nitrogens with zero attached hydrogens (tertiary/aromatic N) is 2. The van der Waals surface area contributed by atoms with Crippen molar-refractivity contribution >= 4 is 39.6 Å². The molecule has 7 rings (SSSR count). The lowest BCUT2D eigenvalue weighted by molar-refractivity contribution is -0.152. The summed E-state index contributed by atoms with van der Waals surface area (Å²) in [5.41, 5.74) is -0.0144. The number of rotatable bonds is 5. The van der Waals surface area contributed by atoms with E-state index in [1.165, 1.54) is 4.90 Å². The minimum absolute atomic E-state index is 0.0496. The molecule has 49 heavy (non-hydrogen) atoms. The fraction of sp³-hybridized carbons (Fsp3) is 0.474. The molecule has 4 aliphatic heterocycles. The van der Waals surface area contributed by atoms with Crippen LogP contribution in [0, 0.1) is 11.8 Å². The summed E-state index contributed by atoms with van der Waals surface area (Å²) in [4.78, 5) is 60.7. The van der Waals surface area contributed by atoms with E-state index >= 15 is 4.79 Å². The van der Waals surface area contributed by atoms with Gasteiger partial charge in [-0.3, -0.25) is 19.2 Å². The Morgan fingerprint density at radius 2 is 1.65 bits per heavy atom. The molecule has 0 unspecified atom stereocenters. The van der Waals surface area contributed by atoms with Gasteiger partial charge in [-0.25, -0.2) is 0 Å². The van der Waals surface area contributed by atoms with Crippen LogP contribution in [-0.4, -0.2) is 82.1 Å². The first-order valence-electron chi connectivity index (χ1n) is 17.3. The number of aliphatic hydroxyl groups excluding tert-OH is 1. The summed E-state index contributed by atoms with van der Waals surface area (Å²) in [5, 5.41) is 14.0. The van der Waals surface area contributed by atoms with Gasteiger partial charge in [0.15, 0.2) is 0 Å². The lowest BCUT2D eigenvalue weighted by Crippen LogP contribution is -2.58. The molecule has 3 fully saturated rings. The second-order valence-corrected chi connectivity index (χ2v) is 14.5. The van der Waals surface area contributed by atoms with Crippen LogP contribution < -0.4 is 5.32 Å². The first kappa shape index (κ1) is 33.7. The quantitative estimate of drug-likeness (QED) is 0.343. The maximum atomic E-state index is 15.2. The van der Waals surface area contributed by atoms with Crippen molar-refractivity contribution in [2.24, 2.45) is 11.8 Å². The lowest BCUT2D eigenvalue weighted by atomic mass is 9.73. The maximum absolute atomic E-state index is 15.2. The normalized spacial score (nSPS) is 32.4. The van der Waals surface area contributed by atoms with Crippen molar-refractivity contribution in [1.82, 2.24) is 15.1 Å². The van der Waals surface area contributed by atoms with E-state index in [-0.39, 0.29) is 25.0 Å². The number of amides is 3. The molecule has 1 spiro atoms. The largest absolute Gasteiger partial charge is 0.463 e. The van der Waals surface area contributed by atoms with E-state index in [1.807, 2.05) is 83.8 Å². The monoisotopic (exact) mass is 731 g/mol. The van der Waals surface area contributed by atoms with E-state index in [1.54, 1.807) is 0 Å². The third-order valence-corrected chi connectivity index (χ3v) is 11.5. The van der Waals surface area contributed by atoms with Crippen molar-refractivity contribution in [2.75, 3.05) is 19.8 Å². The first-order chi connectivity index (χ1) is 23.8. The fourth-order valence-electron chi connectivity index (χ4n) is 8.50. The molecule has 3 amide bonds. The number of esters is 1. The molecule has 5 aliphatic rings. The van der Waals surface area contributed by atoms with Gasteiger partial charge in [-0.2, -0.15) is 0 Å². The molecule has 1 saturated carbocycles. The molecule has 0 radical (unpaired) electrons. The highest BCUT2D eigenvalue weighted by Gasteiger charge is 2.75. The molecule has 1 aliphatic carbocycles.